The topological polar surface area (TPSA) is 63.8 Å². The van der Waals surface area contributed by atoms with E-state index >= 15 is 0 Å². The number of rotatable bonds is 3. The summed E-state index contributed by atoms with van der Waals surface area (Å²) in [5, 5.41) is 4.05. The van der Waals surface area contributed by atoms with Crippen LogP contribution in [0.15, 0.2) is 10.6 Å². The van der Waals surface area contributed by atoms with Crippen LogP contribution in [0.5, 0.6) is 0 Å². The van der Waals surface area contributed by atoms with Crippen LogP contribution in [-0.2, 0) is 5.41 Å². The van der Waals surface area contributed by atoms with Crippen molar-refractivity contribution < 1.29 is 4.42 Å². The van der Waals surface area contributed by atoms with E-state index in [1.807, 2.05) is 13.8 Å². The van der Waals surface area contributed by atoms with Crippen molar-refractivity contribution in [3.63, 3.8) is 0 Å². The van der Waals surface area contributed by atoms with Crippen molar-refractivity contribution in [3.05, 3.63) is 23.7 Å². The second-order valence-corrected chi connectivity index (χ2v) is 6.10. The molecule has 1 N–H and O–H groups in total. The fraction of sp³-hybridized carbons (Fsp3) is 0.583. The number of nitrogens with zero attached hydrogens (tertiary/aromatic N) is 3. The molecular formula is C12H18N4OS. The molecule has 0 fully saturated rings. The lowest BCUT2D eigenvalue weighted by molar-refractivity contribution is 0.453. The van der Waals surface area contributed by atoms with Crippen LogP contribution in [0.3, 0.4) is 0 Å². The Morgan fingerprint density at radius 1 is 1.39 bits per heavy atom. The Labute approximate surface area is 111 Å². The fourth-order valence-corrected chi connectivity index (χ4v) is 2.25. The van der Waals surface area contributed by atoms with Gasteiger partial charge in [-0.25, -0.2) is 9.97 Å². The van der Waals surface area contributed by atoms with E-state index in [4.69, 9.17) is 4.42 Å². The molecular weight excluding hydrogens is 248 g/mol. The van der Waals surface area contributed by atoms with Crippen molar-refractivity contribution in [1.29, 1.82) is 0 Å². The van der Waals surface area contributed by atoms with Gasteiger partial charge in [-0.2, -0.15) is 4.37 Å². The summed E-state index contributed by atoms with van der Waals surface area (Å²) >= 11 is 1.36. The second-order valence-electron chi connectivity index (χ2n) is 5.35. The number of anilines is 1. The van der Waals surface area contributed by atoms with Crippen molar-refractivity contribution in [2.75, 3.05) is 5.32 Å². The van der Waals surface area contributed by atoms with Crippen LogP contribution in [0.25, 0.3) is 0 Å². The van der Waals surface area contributed by atoms with E-state index in [1.165, 1.54) is 11.5 Å². The molecule has 0 aromatic carbocycles. The van der Waals surface area contributed by atoms with Crippen LogP contribution >= 0.6 is 11.5 Å². The zero-order valence-electron chi connectivity index (χ0n) is 11.3. The van der Waals surface area contributed by atoms with E-state index in [-0.39, 0.29) is 11.5 Å². The molecule has 0 radical (unpaired) electrons. The first-order valence-electron chi connectivity index (χ1n) is 5.89. The van der Waals surface area contributed by atoms with Gasteiger partial charge in [0.25, 0.3) is 0 Å². The molecule has 0 spiro atoms. The molecule has 18 heavy (non-hydrogen) atoms. The molecule has 2 aromatic rings. The predicted octanol–water partition coefficient (Wildman–Crippen LogP) is 3.31. The molecule has 0 aliphatic carbocycles. The van der Waals surface area contributed by atoms with Crippen molar-refractivity contribution in [3.8, 4) is 0 Å². The van der Waals surface area contributed by atoms with Gasteiger partial charge in [0.2, 0.25) is 11.0 Å². The average molecular weight is 266 g/mol. The molecule has 0 aliphatic rings. The maximum Gasteiger partial charge on any atom is 0.216 e. The molecule has 6 heteroatoms. The normalized spacial score (nSPS) is 13.6. The van der Waals surface area contributed by atoms with Gasteiger partial charge in [0, 0.05) is 16.9 Å². The third kappa shape index (κ3) is 2.87. The van der Waals surface area contributed by atoms with E-state index in [0.29, 0.717) is 5.89 Å². The van der Waals surface area contributed by atoms with Crippen LogP contribution in [-0.4, -0.2) is 14.3 Å². The standard InChI is InChI=1S/C12H18N4OS/c1-7-6-13-9(17-7)8(2)14-11-15-10(16-18-11)12(3,4)5/h6,8H,1-5H3,(H,14,15,16). The van der Waals surface area contributed by atoms with Crippen molar-refractivity contribution >= 4 is 16.7 Å². The minimum Gasteiger partial charge on any atom is -0.444 e. The Morgan fingerprint density at radius 2 is 2.11 bits per heavy atom. The summed E-state index contributed by atoms with van der Waals surface area (Å²) < 4.78 is 9.83. The van der Waals surface area contributed by atoms with Gasteiger partial charge in [0.15, 0.2) is 0 Å². The van der Waals surface area contributed by atoms with Gasteiger partial charge in [0.05, 0.1) is 6.20 Å². The first-order valence-corrected chi connectivity index (χ1v) is 6.66. The smallest absolute Gasteiger partial charge is 0.216 e. The van der Waals surface area contributed by atoms with Crippen LogP contribution in [0.4, 0.5) is 5.13 Å². The molecule has 0 amide bonds. The zero-order valence-corrected chi connectivity index (χ0v) is 12.1. The third-order valence-corrected chi connectivity index (χ3v) is 3.09. The van der Waals surface area contributed by atoms with Gasteiger partial charge >= 0.3 is 0 Å². The van der Waals surface area contributed by atoms with Crippen molar-refractivity contribution in [2.24, 2.45) is 0 Å². The number of hydrogen-bond acceptors (Lipinski definition) is 6. The van der Waals surface area contributed by atoms with Crippen molar-refractivity contribution in [2.45, 2.75) is 46.1 Å². The summed E-state index contributed by atoms with van der Waals surface area (Å²) in [6.07, 6.45) is 1.72. The Kier molecular flexibility index (Phi) is 3.38. The summed E-state index contributed by atoms with van der Waals surface area (Å²) in [5.74, 6) is 2.33. The largest absolute Gasteiger partial charge is 0.444 e. The Bertz CT molecular complexity index is 526. The number of nitrogens with one attached hydrogen (secondary N) is 1. The van der Waals surface area contributed by atoms with Gasteiger partial charge < -0.3 is 9.73 Å². The lowest BCUT2D eigenvalue weighted by atomic mass is 9.96. The zero-order chi connectivity index (χ0) is 13.3. The van der Waals surface area contributed by atoms with E-state index in [2.05, 4.69) is 40.4 Å². The molecule has 1 atom stereocenters. The highest BCUT2D eigenvalue weighted by molar-refractivity contribution is 7.09. The third-order valence-electron chi connectivity index (χ3n) is 2.45. The minimum atomic E-state index is -0.0286. The Hall–Kier alpha value is -1.43. The van der Waals surface area contributed by atoms with Gasteiger partial charge in [-0.15, -0.1) is 0 Å². The maximum atomic E-state index is 5.47. The molecule has 0 saturated heterocycles. The molecule has 1 unspecified atom stereocenters. The summed E-state index contributed by atoms with van der Waals surface area (Å²) in [4.78, 5) is 8.68. The first kappa shape index (κ1) is 13.0. The van der Waals surface area contributed by atoms with Gasteiger partial charge in [-0.3, -0.25) is 0 Å². The summed E-state index contributed by atoms with van der Waals surface area (Å²) in [6, 6.07) is -0.0144. The van der Waals surface area contributed by atoms with E-state index < -0.39 is 0 Å². The summed E-state index contributed by atoms with van der Waals surface area (Å²) in [5.41, 5.74) is -0.0286. The Balaban J connectivity index is 2.08. The molecule has 98 valence electrons. The molecule has 2 rings (SSSR count). The lowest BCUT2D eigenvalue weighted by Gasteiger charge is -2.12. The van der Waals surface area contributed by atoms with Crippen LogP contribution in [0.2, 0.25) is 0 Å². The number of aromatic nitrogens is 3. The highest BCUT2D eigenvalue weighted by Crippen LogP contribution is 2.25. The highest BCUT2D eigenvalue weighted by atomic mass is 32.1. The maximum absolute atomic E-state index is 5.47. The van der Waals surface area contributed by atoms with Gasteiger partial charge in [-0.05, 0) is 13.8 Å². The fourth-order valence-electron chi connectivity index (χ4n) is 1.41. The van der Waals surface area contributed by atoms with Crippen LogP contribution < -0.4 is 5.32 Å². The molecule has 2 heterocycles. The van der Waals surface area contributed by atoms with Crippen LogP contribution in [0, 0.1) is 6.92 Å². The van der Waals surface area contributed by atoms with Crippen molar-refractivity contribution in [1.82, 2.24) is 14.3 Å². The number of aryl methyl sites for hydroxylation is 1. The monoisotopic (exact) mass is 266 g/mol. The Morgan fingerprint density at radius 3 is 2.61 bits per heavy atom. The predicted molar refractivity (Wildman–Crippen MR) is 71.9 cm³/mol. The SMILES string of the molecule is Cc1cnc(C(C)Nc2nc(C(C)(C)C)ns2)o1. The van der Waals surface area contributed by atoms with E-state index in [9.17, 15) is 0 Å². The molecule has 5 nitrogen and oxygen atoms in total. The average Bonchev–Trinajstić information content (AvgIpc) is 2.85. The molecule has 0 bridgehead atoms. The van der Waals surface area contributed by atoms with Gasteiger partial charge in [0.1, 0.15) is 17.6 Å². The summed E-state index contributed by atoms with van der Waals surface area (Å²) in [6.45, 7) is 10.2. The summed E-state index contributed by atoms with van der Waals surface area (Å²) in [7, 11) is 0. The molecule has 2 aromatic heterocycles. The van der Waals surface area contributed by atoms with Crippen LogP contribution in [0.1, 0.15) is 51.2 Å². The number of oxazole rings is 1. The quantitative estimate of drug-likeness (QED) is 0.923. The van der Waals surface area contributed by atoms with E-state index in [0.717, 1.165) is 16.7 Å². The molecule has 0 saturated carbocycles. The second kappa shape index (κ2) is 4.68. The van der Waals surface area contributed by atoms with E-state index in [1.54, 1.807) is 6.20 Å². The highest BCUT2D eigenvalue weighted by Gasteiger charge is 2.20. The van der Waals surface area contributed by atoms with Gasteiger partial charge in [-0.1, -0.05) is 20.8 Å². The first-order chi connectivity index (χ1) is 8.36. The number of hydrogen-bond donors (Lipinski definition) is 1. The lowest BCUT2D eigenvalue weighted by Crippen LogP contribution is -2.13. The minimum absolute atomic E-state index is 0.0144. The molecule has 0 aliphatic heterocycles.